The summed E-state index contributed by atoms with van der Waals surface area (Å²) in [5.41, 5.74) is 0.879. The van der Waals surface area contributed by atoms with Gasteiger partial charge < -0.3 is 0 Å². The fourth-order valence-corrected chi connectivity index (χ4v) is 1.57. The van der Waals surface area contributed by atoms with Crippen LogP contribution < -0.4 is 0 Å². The predicted octanol–water partition coefficient (Wildman–Crippen LogP) is 2.63. The summed E-state index contributed by atoms with van der Waals surface area (Å²) in [5.74, 6) is 0.519. The normalized spacial score (nSPS) is 10.5. The van der Waals surface area contributed by atoms with Crippen molar-refractivity contribution in [3.63, 3.8) is 0 Å². The zero-order chi connectivity index (χ0) is 10.4. The summed E-state index contributed by atoms with van der Waals surface area (Å²) >= 11 is 0. The number of rotatable bonds is 5. The van der Waals surface area contributed by atoms with Crippen molar-refractivity contribution in [2.24, 2.45) is 5.92 Å². The summed E-state index contributed by atoms with van der Waals surface area (Å²) in [7, 11) is 0. The Morgan fingerprint density at radius 2 is 2.07 bits per heavy atom. The van der Waals surface area contributed by atoms with Crippen LogP contribution in [0.25, 0.3) is 0 Å². The van der Waals surface area contributed by atoms with Crippen LogP contribution in [0.4, 0.5) is 0 Å². The molecule has 14 heavy (non-hydrogen) atoms. The van der Waals surface area contributed by atoms with Crippen molar-refractivity contribution >= 4 is 5.78 Å². The first kappa shape index (κ1) is 10.9. The zero-order valence-corrected chi connectivity index (χ0v) is 8.86. The first-order valence-corrected chi connectivity index (χ1v) is 5.20. The third-order valence-corrected chi connectivity index (χ3v) is 2.52. The SMILES string of the molecule is CCC(CC)C(=O)Cc1ccccn1. The number of nitrogens with zero attached hydrogens (tertiary/aromatic N) is 1. The van der Waals surface area contributed by atoms with Gasteiger partial charge in [0.15, 0.2) is 0 Å². The van der Waals surface area contributed by atoms with E-state index in [4.69, 9.17) is 0 Å². The number of carbonyl (C=O) groups excluding carboxylic acids is 1. The maximum absolute atomic E-state index is 11.7. The van der Waals surface area contributed by atoms with E-state index >= 15 is 0 Å². The Bertz CT molecular complexity index is 278. The number of aromatic nitrogens is 1. The van der Waals surface area contributed by atoms with Crippen LogP contribution in [0, 0.1) is 5.92 Å². The minimum absolute atomic E-state index is 0.206. The molecule has 0 fully saturated rings. The molecule has 0 amide bonds. The van der Waals surface area contributed by atoms with Gasteiger partial charge in [-0.05, 0) is 25.0 Å². The highest BCUT2D eigenvalue weighted by Crippen LogP contribution is 2.11. The molecule has 0 atom stereocenters. The Labute approximate surface area is 85.4 Å². The molecule has 76 valence electrons. The molecule has 0 unspecified atom stereocenters. The molecular weight excluding hydrogens is 174 g/mol. The quantitative estimate of drug-likeness (QED) is 0.716. The van der Waals surface area contributed by atoms with Crippen LogP contribution in [0.2, 0.25) is 0 Å². The Kier molecular flexibility index (Phi) is 4.30. The topological polar surface area (TPSA) is 30.0 Å². The van der Waals surface area contributed by atoms with Gasteiger partial charge in [0, 0.05) is 24.2 Å². The number of ketones is 1. The monoisotopic (exact) mass is 191 g/mol. The van der Waals surface area contributed by atoms with Crippen LogP contribution in [0.3, 0.4) is 0 Å². The van der Waals surface area contributed by atoms with Crippen LogP contribution in [-0.2, 0) is 11.2 Å². The Balaban J connectivity index is 2.57. The first-order valence-electron chi connectivity index (χ1n) is 5.20. The maximum Gasteiger partial charge on any atom is 0.141 e. The maximum atomic E-state index is 11.7. The molecule has 0 saturated heterocycles. The molecule has 2 heteroatoms. The van der Waals surface area contributed by atoms with Crippen LogP contribution >= 0.6 is 0 Å². The number of hydrogen-bond acceptors (Lipinski definition) is 2. The lowest BCUT2D eigenvalue weighted by molar-refractivity contribution is -0.122. The van der Waals surface area contributed by atoms with Gasteiger partial charge in [-0.2, -0.15) is 0 Å². The highest BCUT2D eigenvalue weighted by Gasteiger charge is 2.14. The Morgan fingerprint density at radius 3 is 2.57 bits per heavy atom. The van der Waals surface area contributed by atoms with Gasteiger partial charge in [-0.3, -0.25) is 9.78 Å². The van der Waals surface area contributed by atoms with E-state index in [2.05, 4.69) is 18.8 Å². The Morgan fingerprint density at radius 1 is 1.36 bits per heavy atom. The van der Waals surface area contributed by atoms with Crippen LogP contribution in [0.1, 0.15) is 32.4 Å². The number of carbonyl (C=O) groups is 1. The first-order chi connectivity index (χ1) is 6.77. The largest absolute Gasteiger partial charge is 0.299 e. The average Bonchev–Trinajstić information content (AvgIpc) is 2.21. The van der Waals surface area contributed by atoms with Crippen molar-refractivity contribution in [2.45, 2.75) is 33.1 Å². The van der Waals surface area contributed by atoms with E-state index in [1.807, 2.05) is 18.2 Å². The van der Waals surface area contributed by atoms with Crippen LogP contribution in [0.5, 0.6) is 0 Å². The predicted molar refractivity (Wildman–Crippen MR) is 57.0 cm³/mol. The molecule has 1 aromatic rings. The lowest BCUT2D eigenvalue weighted by Gasteiger charge is -2.09. The van der Waals surface area contributed by atoms with Gasteiger partial charge in [-0.15, -0.1) is 0 Å². The van der Waals surface area contributed by atoms with E-state index in [1.54, 1.807) is 6.20 Å². The third-order valence-electron chi connectivity index (χ3n) is 2.52. The summed E-state index contributed by atoms with van der Waals surface area (Å²) < 4.78 is 0. The molecule has 0 N–H and O–H groups in total. The average molecular weight is 191 g/mol. The summed E-state index contributed by atoms with van der Waals surface area (Å²) in [5, 5.41) is 0. The van der Waals surface area contributed by atoms with Crippen LogP contribution in [0.15, 0.2) is 24.4 Å². The van der Waals surface area contributed by atoms with E-state index in [1.165, 1.54) is 0 Å². The van der Waals surface area contributed by atoms with Crippen molar-refractivity contribution in [2.75, 3.05) is 0 Å². The molecule has 0 aliphatic heterocycles. The molecular formula is C12H17NO. The molecule has 0 aromatic carbocycles. The number of hydrogen-bond donors (Lipinski definition) is 0. The molecule has 0 bridgehead atoms. The van der Waals surface area contributed by atoms with Gasteiger partial charge in [0.05, 0.1) is 0 Å². The molecule has 1 rings (SSSR count). The summed E-state index contributed by atoms with van der Waals surface area (Å²) in [6.07, 6.45) is 4.08. The third kappa shape index (κ3) is 2.95. The van der Waals surface area contributed by atoms with E-state index < -0.39 is 0 Å². The highest BCUT2D eigenvalue weighted by atomic mass is 16.1. The molecule has 0 saturated carbocycles. The molecule has 0 aliphatic rings. The minimum atomic E-state index is 0.206. The molecule has 2 nitrogen and oxygen atoms in total. The zero-order valence-electron chi connectivity index (χ0n) is 8.86. The second kappa shape index (κ2) is 5.53. The Hall–Kier alpha value is -1.18. The molecule has 1 heterocycles. The second-order valence-corrected chi connectivity index (χ2v) is 3.48. The fraction of sp³-hybridized carbons (Fsp3) is 0.500. The van der Waals surface area contributed by atoms with Crippen LogP contribution in [-0.4, -0.2) is 10.8 Å². The van der Waals surface area contributed by atoms with Gasteiger partial charge in [0.2, 0.25) is 0 Å². The van der Waals surface area contributed by atoms with E-state index in [-0.39, 0.29) is 5.92 Å². The molecule has 1 aromatic heterocycles. The van der Waals surface area contributed by atoms with E-state index in [0.29, 0.717) is 12.2 Å². The lowest BCUT2D eigenvalue weighted by Crippen LogP contribution is -2.15. The second-order valence-electron chi connectivity index (χ2n) is 3.48. The minimum Gasteiger partial charge on any atom is -0.299 e. The van der Waals surface area contributed by atoms with Gasteiger partial charge in [0.25, 0.3) is 0 Å². The standard InChI is InChI=1S/C12H17NO/c1-3-10(4-2)12(14)9-11-7-5-6-8-13-11/h5-8,10H,3-4,9H2,1-2H3. The van der Waals surface area contributed by atoms with Crippen molar-refractivity contribution in [3.8, 4) is 0 Å². The van der Waals surface area contributed by atoms with E-state index in [0.717, 1.165) is 18.5 Å². The highest BCUT2D eigenvalue weighted by molar-refractivity contribution is 5.82. The van der Waals surface area contributed by atoms with Gasteiger partial charge in [-0.1, -0.05) is 19.9 Å². The van der Waals surface area contributed by atoms with E-state index in [9.17, 15) is 4.79 Å². The summed E-state index contributed by atoms with van der Waals surface area (Å²) in [4.78, 5) is 15.9. The van der Waals surface area contributed by atoms with Crippen molar-refractivity contribution in [1.82, 2.24) is 4.98 Å². The fourth-order valence-electron chi connectivity index (χ4n) is 1.57. The van der Waals surface area contributed by atoms with Gasteiger partial charge in [0.1, 0.15) is 5.78 Å². The number of pyridine rings is 1. The van der Waals surface area contributed by atoms with Crippen molar-refractivity contribution < 1.29 is 4.79 Å². The number of Topliss-reactive ketones (excluding diaryl/α,β-unsaturated/α-hetero) is 1. The van der Waals surface area contributed by atoms with Gasteiger partial charge >= 0.3 is 0 Å². The lowest BCUT2D eigenvalue weighted by atomic mass is 9.95. The molecule has 0 aliphatic carbocycles. The summed E-state index contributed by atoms with van der Waals surface area (Å²) in [6.45, 7) is 4.12. The smallest absolute Gasteiger partial charge is 0.141 e. The van der Waals surface area contributed by atoms with Crippen molar-refractivity contribution in [1.29, 1.82) is 0 Å². The summed E-state index contributed by atoms with van der Waals surface area (Å²) in [6, 6.07) is 5.69. The molecule has 0 spiro atoms. The van der Waals surface area contributed by atoms with Gasteiger partial charge in [-0.25, -0.2) is 0 Å². The van der Waals surface area contributed by atoms with Crippen molar-refractivity contribution in [3.05, 3.63) is 30.1 Å². The molecule has 0 radical (unpaired) electrons.